The van der Waals surface area contributed by atoms with Crippen LogP contribution in [0.15, 0.2) is 41.8 Å². The number of benzene rings is 1. The number of thiophene rings is 1. The summed E-state index contributed by atoms with van der Waals surface area (Å²) < 4.78 is 10.5. The molecule has 1 atom stereocenters. The molecule has 1 unspecified atom stereocenters. The first kappa shape index (κ1) is 19.9. The number of fused-ring (bicyclic) bond motifs is 1. The van der Waals surface area contributed by atoms with Crippen LogP contribution >= 0.6 is 11.3 Å². The third-order valence-corrected chi connectivity index (χ3v) is 5.34. The van der Waals surface area contributed by atoms with Crippen LogP contribution in [0.1, 0.15) is 17.4 Å². The molecule has 1 aliphatic rings. The maximum atomic E-state index is 12.5. The molecule has 0 saturated heterocycles. The minimum Gasteiger partial charge on any atom is -0.484 e. The highest BCUT2D eigenvalue weighted by molar-refractivity contribution is 7.10. The molecule has 0 aliphatic carbocycles. The van der Waals surface area contributed by atoms with E-state index >= 15 is 0 Å². The van der Waals surface area contributed by atoms with Gasteiger partial charge >= 0.3 is 5.97 Å². The number of carbonyl (C=O) groups is 3. The number of hydrogen-bond donors (Lipinski definition) is 1. The molecule has 0 radical (unpaired) electrons. The lowest BCUT2D eigenvalue weighted by Gasteiger charge is -2.29. The Bertz CT molecular complexity index is 836. The number of carbonyl (C=O) groups excluding carboxylic acids is 3. The molecule has 1 aromatic heterocycles. The average Bonchev–Trinajstić information content (AvgIpc) is 3.18. The maximum Gasteiger partial charge on any atom is 0.326 e. The Morgan fingerprint density at radius 3 is 2.79 bits per heavy atom. The summed E-state index contributed by atoms with van der Waals surface area (Å²) in [5, 5.41) is 4.44. The largest absolute Gasteiger partial charge is 0.484 e. The summed E-state index contributed by atoms with van der Waals surface area (Å²) in [5.74, 6) is -0.776. The molecule has 0 bridgehead atoms. The van der Waals surface area contributed by atoms with Gasteiger partial charge in [-0.2, -0.15) is 0 Å². The third-order valence-electron chi connectivity index (χ3n) is 4.32. The Hall–Kier alpha value is -2.87. The molecule has 1 aromatic carbocycles. The molecule has 148 valence electrons. The predicted molar refractivity (Wildman–Crippen MR) is 104 cm³/mol. The van der Waals surface area contributed by atoms with E-state index in [0.29, 0.717) is 18.8 Å². The molecular formula is C20H22N2O5S. The standard InChI is InChI=1S/C20H22N2O5S/c1-14(20(25)22-9-7-17-15(12-22)8-10-28-17)27-19(24)11-21-18(23)13-26-16-5-3-2-4-6-16/h2-6,8,10,14H,7,9,11-13H2,1H3,(H,21,23). The minimum atomic E-state index is -0.898. The van der Waals surface area contributed by atoms with Crippen molar-refractivity contribution in [1.82, 2.24) is 10.2 Å². The lowest BCUT2D eigenvalue weighted by Crippen LogP contribution is -2.43. The number of hydrogen-bond acceptors (Lipinski definition) is 6. The van der Waals surface area contributed by atoms with E-state index in [1.165, 1.54) is 4.88 Å². The van der Waals surface area contributed by atoms with Crippen LogP contribution < -0.4 is 10.1 Å². The Labute approximate surface area is 167 Å². The fourth-order valence-electron chi connectivity index (χ4n) is 2.87. The molecule has 7 nitrogen and oxygen atoms in total. The number of amides is 2. The zero-order chi connectivity index (χ0) is 19.9. The van der Waals surface area contributed by atoms with Gasteiger partial charge in [0.1, 0.15) is 12.3 Å². The molecule has 8 heteroatoms. The summed E-state index contributed by atoms with van der Waals surface area (Å²) in [6.07, 6.45) is -0.0817. The highest BCUT2D eigenvalue weighted by Crippen LogP contribution is 2.24. The molecule has 0 saturated carbocycles. The van der Waals surface area contributed by atoms with Crippen LogP contribution in [0.2, 0.25) is 0 Å². The van der Waals surface area contributed by atoms with Crippen molar-refractivity contribution in [3.05, 3.63) is 52.2 Å². The van der Waals surface area contributed by atoms with Crippen molar-refractivity contribution < 1.29 is 23.9 Å². The molecule has 0 spiro atoms. The Kier molecular flexibility index (Phi) is 6.65. The Morgan fingerprint density at radius 2 is 2.00 bits per heavy atom. The normalized spacial score (nSPS) is 14.0. The van der Waals surface area contributed by atoms with Crippen LogP contribution in [0.4, 0.5) is 0 Å². The van der Waals surface area contributed by atoms with Gasteiger partial charge in [-0.25, -0.2) is 0 Å². The number of nitrogens with zero attached hydrogens (tertiary/aromatic N) is 1. The monoisotopic (exact) mass is 402 g/mol. The molecule has 2 aromatic rings. The zero-order valence-electron chi connectivity index (χ0n) is 15.6. The fraction of sp³-hybridized carbons (Fsp3) is 0.350. The lowest BCUT2D eigenvalue weighted by molar-refractivity contribution is -0.159. The summed E-state index contributed by atoms with van der Waals surface area (Å²) in [6, 6.07) is 10.9. The van der Waals surface area contributed by atoms with Crippen LogP contribution in [0, 0.1) is 0 Å². The first-order valence-electron chi connectivity index (χ1n) is 9.01. The zero-order valence-corrected chi connectivity index (χ0v) is 16.4. The van der Waals surface area contributed by atoms with Crippen molar-refractivity contribution in [1.29, 1.82) is 0 Å². The van der Waals surface area contributed by atoms with Crippen LogP contribution in [-0.4, -0.2) is 48.5 Å². The second-order valence-electron chi connectivity index (χ2n) is 6.39. The minimum absolute atomic E-state index is 0.206. The van der Waals surface area contributed by atoms with Gasteiger partial charge in [-0.3, -0.25) is 14.4 Å². The third kappa shape index (κ3) is 5.32. The Balaban J connectivity index is 1.38. The quantitative estimate of drug-likeness (QED) is 0.714. The van der Waals surface area contributed by atoms with E-state index in [-0.39, 0.29) is 19.1 Å². The Morgan fingerprint density at radius 1 is 1.21 bits per heavy atom. The number of rotatable bonds is 7. The van der Waals surface area contributed by atoms with Gasteiger partial charge in [0.05, 0.1) is 0 Å². The van der Waals surface area contributed by atoms with Crippen LogP contribution in [0.5, 0.6) is 5.75 Å². The highest BCUT2D eigenvalue weighted by atomic mass is 32.1. The summed E-state index contributed by atoms with van der Waals surface area (Å²) in [4.78, 5) is 39.2. The van der Waals surface area contributed by atoms with Gasteiger partial charge in [0.25, 0.3) is 11.8 Å². The van der Waals surface area contributed by atoms with E-state index in [1.54, 1.807) is 47.4 Å². The van der Waals surface area contributed by atoms with E-state index in [9.17, 15) is 14.4 Å². The number of ether oxygens (including phenoxy) is 2. The van der Waals surface area contributed by atoms with Crippen molar-refractivity contribution in [3.8, 4) is 5.75 Å². The van der Waals surface area contributed by atoms with Gasteiger partial charge in [0, 0.05) is 18.0 Å². The van der Waals surface area contributed by atoms with Crippen molar-refractivity contribution in [2.24, 2.45) is 0 Å². The smallest absolute Gasteiger partial charge is 0.326 e. The molecule has 3 rings (SSSR count). The fourth-order valence-corrected chi connectivity index (χ4v) is 3.76. The summed E-state index contributed by atoms with van der Waals surface area (Å²) in [5.41, 5.74) is 1.15. The van der Waals surface area contributed by atoms with E-state index in [2.05, 4.69) is 5.32 Å². The summed E-state index contributed by atoms with van der Waals surface area (Å²) in [6.45, 7) is 2.17. The first-order chi connectivity index (χ1) is 13.5. The molecular weight excluding hydrogens is 380 g/mol. The molecule has 1 aliphatic heterocycles. The maximum absolute atomic E-state index is 12.5. The topological polar surface area (TPSA) is 84.9 Å². The van der Waals surface area contributed by atoms with Crippen molar-refractivity contribution in [2.75, 3.05) is 19.7 Å². The molecule has 2 amide bonds. The van der Waals surface area contributed by atoms with Crippen LogP contribution in [0.25, 0.3) is 0 Å². The second-order valence-corrected chi connectivity index (χ2v) is 7.39. The molecule has 1 N–H and O–H groups in total. The predicted octanol–water partition coefficient (Wildman–Crippen LogP) is 1.76. The van der Waals surface area contributed by atoms with Crippen LogP contribution in [-0.2, 0) is 32.1 Å². The van der Waals surface area contributed by atoms with Gasteiger partial charge in [-0.15, -0.1) is 11.3 Å². The van der Waals surface area contributed by atoms with Gasteiger partial charge in [0.2, 0.25) is 0 Å². The van der Waals surface area contributed by atoms with Gasteiger partial charge in [-0.1, -0.05) is 18.2 Å². The van der Waals surface area contributed by atoms with Crippen molar-refractivity contribution in [3.63, 3.8) is 0 Å². The van der Waals surface area contributed by atoms with Crippen molar-refractivity contribution >= 4 is 29.1 Å². The van der Waals surface area contributed by atoms with E-state index in [0.717, 1.165) is 12.0 Å². The lowest BCUT2D eigenvalue weighted by atomic mass is 10.1. The van der Waals surface area contributed by atoms with Gasteiger partial charge in [0.15, 0.2) is 12.7 Å². The molecule has 0 fully saturated rings. The average molecular weight is 402 g/mol. The van der Waals surface area contributed by atoms with Crippen LogP contribution in [0.3, 0.4) is 0 Å². The first-order valence-corrected chi connectivity index (χ1v) is 9.89. The van der Waals surface area contributed by atoms with Gasteiger partial charge < -0.3 is 19.7 Å². The van der Waals surface area contributed by atoms with E-state index in [4.69, 9.17) is 9.47 Å². The second kappa shape index (κ2) is 9.36. The number of esters is 1. The number of nitrogens with one attached hydrogen (secondary N) is 1. The number of para-hydroxylation sites is 1. The van der Waals surface area contributed by atoms with Gasteiger partial charge in [-0.05, 0) is 42.5 Å². The molecule has 2 heterocycles. The summed E-state index contributed by atoms with van der Waals surface area (Å²) in [7, 11) is 0. The van der Waals surface area contributed by atoms with E-state index in [1.807, 2.05) is 17.5 Å². The summed E-state index contributed by atoms with van der Waals surface area (Å²) >= 11 is 1.70. The van der Waals surface area contributed by atoms with E-state index < -0.39 is 18.0 Å². The molecule has 28 heavy (non-hydrogen) atoms. The van der Waals surface area contributed by atoms with Crippen molar-refractivity contribution in [2.45, 2.75) is 26.0 Å². The highest BCUT2D eigenvalue weighted by Gasteiger charge is 2.27. The SMILES string of the molecule is CC(OC(=O)CNC(=O)COc1ccccc1)C(=O)N1CCc2sccc2C1.